The molecule has 180 valence electrons. The van der Waals surface area contributed by atoms with Crippen molar-refractivity contribution in [3.63, 3.8) is 0 Å². The normalized spacial score (nSPS) is 13.7. The molecule has 1 unspecified atom stereocenters. The molecule has 3 aromatic rings. The molecule has 0 radical (unpaired) electrons. The van der Waals surface area contributed by atoms with E-state index >= 15 is 0 Å². The van der Waals surface area contributed by atoms with Crippen LogP contribution in [0.1, 0.15) is 36.0 Å². The van der Waals surface area contributed by atoms with Gasteiger partial charge in [-0.25, -0.2) is 4.79 Å². The highest BCUT2D eigenvalue weighted by Gasteiger charge is 2.30. The molecule has 0 saturated heterocycles. The molecule has 4 rings (SSSR count). The van der Waals surface area contributed by atoms with Gasteiger partial charge < -0.3 is 21.1 Å². The van der Waals surface area contributed by atoms with E-state index in [-0.39, 0.29) is 18.9 Å². The minimum atomic E-state index is -0.929. The van der Waals surface area contributed by atoms with Crippen LogP contribution in [0, 0.1) is 0 Å². The van der Waals surface area contributed by atoms with Crippen LogP contribution in [-0.2, 0) is 20.7 Å². The van der Waals surface area contributed by atoms with Crippen molar-refractivity contribution in [2.24, 2.45) is 5.73 Å². The van der Waals surface area contributed by atoms with Crippen molar-refractivity contribution < 1.29 is 19.1 Å². The second-order valence-electron chi connectivity index (χ2n) is 8.58. The molecule has 0 spiro atoms. The second kappa shape index (κ2) is 10.9. The summed E-state index contributed by atoms with van der Waals surface area (Å²) in [6, 6.07) is 23.7. The molecular weight excluding hydrogens is 442 g/mol. The third-order valence-corrected chi connectivity index (χ3v) is 6.30. The minimum Gasteiger partial charge on any atom is -0.449 e. The van der Waals surface area contributed by atoms with Crippen molar-refractivity contribution in [2.45, 2.75) is 37.8 Å². The number of fused-ring (bicyclic) bond motifs is 3. The summed E-state index contributed by atoms with van der Waals surface area (Å²) in [5.41, 5.74) is 10.7. The molecule has 0 aliphatic heterocycles. The van der Waals surface area contributed by atoms with Crippen LogP contribution < -0.4 is 16.4 Å². The summed E-state index contributed by atoms with van der Waals surface area (Å²) in [7, 11) is 0. The molecule has 2 atom stereocenters. The van der Waals surface area contributed by atoms with E-state index in [2.05, 4.69) is 22.8 Å². The highest BCUT2D eigenvalue weighted by atomic mass is 16.5. The van der Waals surface area contributed by atoms with Gasteiger partial charge in [0.1, 0.15) is 18.7 Å². The van der Waals surface area contributed by atoms with Gasteiger partial charge in [0.2, 0.25) is 11.8 Å². The molecule has 4 N–H and O–H groups in total. The molecule has 0 heterocycles. The predicted molar refractivity (Wildman–Crippen MR) is 134 cm³/mol. The maximum absolute atomic E-state index is 13.0. The first-order valence-corrected chi connectivity index (χ1v) is 11.7. The average molecular weight is 472 g/mol. The van der Waals surface area contributed by atoms with E-state index in [0.29, 0.717) is 6.42 Å². The molecule has 3 amide bonds. The van der Waals surface area contributed by atoms with Crippen molar-refractivity contribution in [1.82, 2.24) is 10.6 Å². The van der Waals surface area contributed by atoms with Gasteiger partial charge >= 0.3 is 6.09 Å². The Morgan fingerprint density at radius 2 is 1.40 bits per heavy atom. The van der Waals surface area contributed by atoms with Gasteiger partial charge in [-0.05, 0) is 34.2 Å². The number of ether oxygens (including phenoxy) is 1. The van der Waals surface area contributed by atoms with E-state index in [4.69, 9.17) is 10.5 Å². The summed E-state index contributed by atoms with van der Waals surface area (Å²) in [5, 5.41) is 5.31. The van der Waals surface area contributed by atoms with E-state index < -0.39 is 30.0 Å². The van der Waals surface area contributed by atoms with Crippen LogP contribution in [0.4, 0.5) is 4.79 Å². The Hall–Kier alpha value is -4.13. The number of carbonyl (C=O) groups is 3. The number of nitrogens with two attached hydrogens (primary N) is 1. The number of amides is 3. The smallest absolute Gasteiger partial charge is 0.407 e. The van der Waals surface area contributed by atoms with Gasteiger partial charge in [0.15, 0.2) is 0 Å². The maximum atomic E-state index is 13.0. The Kier molecular flexibility index (Phi) is 7.45. The highest BCUT2D eigenvalue weighted by molar-refractivity contribution is 5.91. The molecule has 1 aliphatic carbocycles. The lowest BCUT2D eigenvalue weighted by molar-refractivity contribution is -0.128. The molecule has 0 bridgehead atoms. The summed E-state index contributed by atoms with van der Waals surface area (Å²) < 4.78 is 5.62. The van der Waals surface area contributed by atoms with Gasteiger partial charge in [-0.15, -0.1) is 0 Å². The SMILES string of the molecule is CCC(NC(=O)[C@H](Cc1ccccc1)NC(=O)OCC1c2ccccc2-c2ccccc21)C(N)=O. The van der Waals surface area contributed by atoms with E-state index in [1.807, 2.05) is 66.7 Å². The topological polar surface area (TPSA) is 111 Å². The van der Waals surface area contributed by atoms with Gasteiger partial charge in [0, 0.05) is 12.3 Å². The van der Waals surface area contributed by atoms with Crippen molar-refractivity contribution in [3.8, 4) is 11.1 Å². The van der Waals surface area contributed by atoms with Gasteiger partial charge in [-0.2, -0.15) is 0 Å². The second-order valence-corrected chi connectivity index (χ2v) is 8.58. The highest BCUT2D eigenvalue weighted by Crippen LogP contribution is 2.44. The molecular formula is C28H29N3O4. The van der Waals surface area contributed by atoms with Gasteiger partial charge in [0.25, 0.3) is 0 Å². The third kappa shape index (κ3) is 5.51. The fourth-order valence-corrected chi connectivity index (χ4v) is 4.49. The first kappa shape index (κ1) is 24.0. The Morgan fingerprint density at radius 3 is 1.97 bits per heavy atom. The summed E-state index contributed by atoms with van der Waals surface area (Å²) in [6.07, 6.45) is -0.106. The fourth-order valence-electron chi connectivity index (χ4n) is 4.49. The minimum absolute atomic E-state index is 0.0890. The van der Waals surface area contributed by atoms with Gasteiger partial charge in [-0.1, -0.05) is 85.8 Å². The largest absolute Gasteiger partial charge is 0.449 e. The van der Waals surface area contributed by atoms with Crippen LogP contribution in [0.15, 0.2) is 78.9 Å². The van der Waals surface area contributed by atoms with Crippen molar-refractivity contribution >= 4 is 17.9 Å². The van der Waals surface area contributed by atoms with Crippen LogP contribution in [0.25, 0.3) is 11.1 Å². The van der Waals surface area contributed by atoms with Crippen molar-refractivity contribution in [3.05, 3.63) is 95.6 Å². The first-order valence-electron chi connectivity index (χ1n) is 11.7. The molecule has 7 nitrogen and oxygen atoms in total. The zero-order valence-electron chi connectivity index (χ0n) is 19.6. The summed E-state index contributed by atoms with van der Waals surface area (Å²) in [5.74, 6) is -1.21. The number of carbonyl (C=O) groups excluding carboxylic acids is 3. The molecule has 0 saturated carbocycles. The number of benzene rings is 3. The monoisotopic (exact) mass is 471 g/mol. The van der Waals surface area contributed by atoms with E-state index in [1.165, 1.54) is 0 Å². The average Bonchev–Trinajstić information content (AvgIpc) is 3.19. The van der Waals surface area contributed by atoms with E-state index in [0.717, 1.165) is 27.8 Å². The lowest BCUT2D eigenvalue weighted by Crippen LogP contribution is -2.53. The molecule has 35 heavy (non-hydrogen) atoms. The molecule has 0 fully saturated rings. The van der Waals surface area contributed by atoms with Crippen molar-refractivity contribution in [2.75, 3.05) is 6.61 Å². The van der Waals surface area contributed by atoms with Gasteiger partial charge in [-0.3, -0.25) is 9.59 Å². The number of nitrogens with one attached hydrogen (secondary N) is 2. The Morgan fingerprint density at radius 1 is 0.829 bits per heavy atom. The van der Waals surface area contributed by atoms with Crippen LogP contribution in [0.2, 0.25) is 0 Å². The van der Waals surface area contributed by atoms with Crippen molar-refractivity contribution in [1.29, 1.82) is 0 Å². The van der Waals surface area contributed by atoms with Crippen LogP contribution in [0.3, 0.4) is 0 Å². The first-order chi connectivity index (χ1) is 17.0. The van der Waals surface area contributed by atoms with Gasteiger partial charge in [0.05, 0.1) is 0 Å². The van der Waals surface area contributed by atoms with E-state index in [9.17, 15) is 14.4 Å². The molecule has 3 aromatic carbocycles. The Labute approximate surface area is 204 Å². The van der Waals surface area contributed by atoms with Crippen LogP contribution in [0.5, 0.6) is 0 Å². The summed E-state index contributed by atoms with van der Waals surface area (Å²) >= 11 is 0. The Bertz CT molecular complexity index is 1170. The maximum Gasteiger partial charge on any atom is 0.407 e. The number of hydrogen-bond donors (Lipinski definition) is 3. The number of rotatable bonds is 9. The van der Waals surface area contributed by atoms with Crippen LogP contribution in [-0.4, -0.2) is 36.6 Å². The third-order valence-electron chi connectivity index (χ3n) is 6.30. The molecule has 1 aliphatic rings. The van der Waals surface area contributed by atoms with Crippen LogP contribution >= 0.6 is 0 Å². The summed E-state index contributed by atoms with van der Waals surface area (Å²) in [6.45, 7) is 1.89. The fraction of sp³-hybridized carbons (Fsp3) is 0.250. The quantitative estimate of drug-likeness (QED) is 0.443. The zero-order chi connectivity index (χ0) is 24.8. The van der Waals surface area contributed by atoms with E-state index in [1.54, 1.807) is 6.92 Å². The number of primary amides is 1. The number of hydrogen-bond acceptors (Lipinski definition) is 4. The number of alkyl carbamates (subject to hydrolysis) is 1. The lowest BCUT2D eigenvalue weighted by atomic mass is 9.98. The zero-order valence-corrected chi connectivity index (χ0v) is 19.6. The molecule has 0 aromatic heterocycles. The Balaban J connectivity index is 1.46. The summed E-state index contributed by atoms with van der Waals surface area (Å²) in [4.78, 5) is 37.4. The lowest BCUT2D eigenvalue weighted by Gasteiger charge is -2.22. The molecule has 7 heteroatoms. The standard InChI is InChI=1S/C28H29N3O4/c1-2-24(26(29)32)30-27(33)25(16-18-10-4-3-5-11-18)31-28(34)35-17-23-21-14-8-6-12-19(21)20-13-7-9-15-22(20)23/h3-15,23-25H,2,16-17H2,1H3,(H2,29,32)(H,30,33)(H,31,34)/t24?,25-/m0/s1. The predicted octanol–water partition coefficient (Wildman–Crippen LogP) is 3.52.